The Kier molecular flexibility index (Phi) is 6.24. The molecule has 3 aliphatic heterocycles. The first-order valence-electron chi connectivity index (χ1n) is 10.3. The largest absolute Gasteiger partial charge is 0.416 e. The maximum Gasteiger partial charge on any atom is 0.416 e. The van der Waals surface area contributed by atoms with Gasteiger partial charge in [0, 0.05) is 38.1 Å². The van der Waals surface area contributed by atoms with Gasteiger partial charge in [0.1, 0.15) is 0 Å². The van der Waals surface area contributed by atoms with Gasteiger partial charge in [-0.25, -0.2) is 5.84 Å². The van der Waals surface area contributed by atoms with Crippen LogP contribution in [0.25, 0.3) is 0 Å². The van der Waals surface area contributed by atoms with E-state index in [0.29, 0.717) is 0 Å². The highest BCUT2D eigenvalue weighted by Crippen LogP contribution is 2.45. The summed E-state index contributed by atoms with van der Waals surface area (Å²) in [5, 5.41) is 26.8. The molecule has 1 amide bonds. The molecule has 1 aromatic rings. The number of carbonyl (C=O) groups excluding carboxylic acids is 1. The molecule has 0 aromatic heterocycles. The second-order valence-electron chi connectivity index (χ2n) is 8.10. The third-order valence-electron chi connectivity index (χ3n) is 6.12. The summed E-state index contributed by atoms with van der Waals surface area (Å²) in [6.45, 7) is -0.117. The molecule has 3 heterocycles. The average Bonchev–Trinajstić information content (AvgIpc) is 3.14. The molecule has 0 aliphatic carbocycles. The van der Waals surface area contributed by atoms with Crippen molar-refractivity contribution in [1.82, 2.24) is 5.43 Å². The number of nitrogens with two attached hydrogens (primary N) is 1. The van der Waals surface area contributed by atoms with Gasteiger partial charge in [-0.05, 0) is 0 Å². The van der Waals surface area contributed by atoms with Crippen LogP contribution in [0.4, 0.5) is 30.2 Å². The molecule has 4 rings (SSSR count). The Morgan fingerprint density at radius 2 is 1.71 bits per heavy atom. The number of hydrogen-bond acceptors (Lipinski definition) is 11. The Hall–Kier alpha value is -3.57. The second-order valence-corrected chi connectivity index (χ2v) is 8.10. The van der Waals surface area contributed by atoms with E-state index in [1.54, 1.807) is 0 Å². The number of ether oxygens (including phenoxy) is 2. The number of fused-ring (bicyclic) bond motifs is 1. The lowest BCUT2D eigenvalue weighted by molar-refractivity contribution is -0.393. The molecule has 2 saturated heterocycles. The molecule has 2 fully saturated rings. The fraction of sp³-hybridized carbons (Fsp3) is 0.556. The van der Waals surface area contributed by atoms with Crippen LogP contribution in [0.5, 0.6) is 0 Å². The van der Waals surface area contributed by atoms with Crippen molar-refractivity contribution in [2.45, 2.75) is 30.9 Å². The number of rotatable bonds is 4. The molecule has 17 heteroatoms. The van der Waals surface area contributed by atoms with Crippen molar-refractivity contribution in [1.29, 1.82) is 0 Å². The summed E-state index contributed by atoms with van der Waals surface area (Å²) in [7, 11) is 0. The molecule has 0 radical (unpaired) electrons. The predicted octanol–water partition coefficient (Wildman–Crippen LogP) is 1.23. The SMILES string of the molecule is NNC(=O)C1=NO[C@H]2COC3(CCN(c4c([N+](=O)[O-])cc(C(F)(F)F)cc4[N+](=O)[O-])CC3)OC[C@H]12. The van der Waals surface area contributed by atoms with E-state index in [4.69, 9.17) is 20.2 Å². The highest BCUT2D eigenvalue weighted by Gasteiger charge is 2.48. The van der Waals surface area contributed by atoms with Gasteiger partial charge >= 0.3 is 6.18 Å². The highest BCUT2D eigenvalue weighted by molar-refractivity contribution is 6.39. The first-order valence-corrected chi connectivity index (χ1v) is 10.3. The highest BCUT2D eigenvalue weighted by atomic mass is 19.4. The molecule has 0 bridgehead atoms. The van der Waals surface area contributed by atoms with Gasteiger partial charge in [-0.3, -0.25) is 30.4 Å². The number of hydrazine groups is 1. The number of nitrogens with one attached hydrogen (secondary N) is 1. The van der Waals surface area contributed by atoms with Crippen molar-refractivity contribution >= 4 is 28.7 Å². The van der Waals surface area contributed by atoms with Gasteiger partial charge in [0.2, 0.25) is 0 Å². The van der Waals surface area contributed by atoms with Gasteiger partial charge in [0.25, 0.3) is 17.3 Å². The third-order valence-corrected chi connectivity index (χ3v) is 6.12. The first kappa shape index (κ1) is 24.6. The van der Waals surface area contributed by atoms with Gasteiger partial charge in [0.15, 0.2) is 23.3 Å². The number of benzene rings is 1. The van der Waals surface area contributed by atoms with E-state index < -0.39 is 62.4 Å². The van der Waals surface area contributed by atoms with Crippen LogP contribution < -0.4 is 16.2 Å². The van der Waals surface area contributed by atoms with E-state index in [9.17, 15) is 38.2 Å². The number of oxime groups is 1. The lowest BCUT2D eigenvalue weighted by Gasteiger charge is -2.41. The lowest BCUT2D eigenvalue weighted by atomic mass is 9.98. The molecular weight excluding hydrogens is 485 g/mol. The number of hydrogen-bond donors (Lipinski definition) is 2. The molecule has 1 spiro atoms. The summed E-state index contributed by atoms with van der Waals surface area (Å²) in [6.07, 6.45) is -5.46. The second kappa shape index (κ2) is 8.90. The Balaban J connectivity index is 1.56. The molecular formula is C18H19F3N6O8. The fourth-order valence-electron chi connectivity index (χ4n) is 4.31. The van der Waals surface area contributed by atoms with Crippen LogP contribution >= 0.6 is 0 Å². The number of anilines is 1. The summed E-state index contributed by atoms with van der Waals surface area (Å²) in [4.78, 5) is 39.3. The molecule has 190 valence electrons. The zero-order chi connectivity index (χ0) is 25.5. The maximum absolute atomic E-state index is 13.2. The van der Waals surface area contributed by atoms with Crippen molar-refractivity contribution < 1.29 is 42.1 Å². The molecule has 0 unspecified atom stereocenters. The number of alkyl halides is 3. The Morgan fingerprint density at radius 3 is 2.23 bits per heavy atom. The summed E-state index contributed by atoms with van der Waals surface area (Å²) in [6, 6.07) is 0.570. The summed E-state index contributed by atoms with van der Waals surface area (Å²) in [5.74, 6) is 2.75. The van der Waals surface area contributed by atoms with Crippen molar-refractivity contribution in [3.05, 3.63) is 37.9 Å². The van der Waals surface area contributed by atoms with Crippen LogP contribution in [0.2, 0.25) is 0 Å². The van der Waals surface area contributed by atoms with Gasteiger partial charge in [-0.1, -0.05) is 5.16 Å². The first-order chi connectivity index (χ1) is 16.5. The molecule has 35 heavy (non-hydrogen) atoms. The number of piperidine rings is 1. The topological polar surface area (TPSA) is 185 Å². The Bertz CT molecular complexity index is 1050. The molecule has 14 nitrogen and oxygen atoms in total. The zero-order valence-electron chi connectivity index (χ0n) is 17.8. The number of halogens is 3. The lowest BCUT2D eigenvalue weighted by Crippen LogP contribution is -2.48. The molecule has 3 N–H and O–H groups in total. The number of nitro groups is 2. The number of carbonyl (C=O) groups is 1. The summed E-state index contributed by atoms with van der Waals surface area (Å²) < 4.78 is 51.4. The number of amides is 1. The predicted molar refractivity (Wildman–Crippen MR) is 109 cm³/mol. The van der Waals surface area contributed by atoms with Gasteiger partial charge in [-0.2, -0.15) is 13.2 Å². The van der Waals surface area contributed by atoms with Gasteiger partial charge in [-0.15, -0.1) is 0 Å². The molecule has 1 aromatic carbocycles. The summed E-state index contributed by atoms with van der Waals surface area (Å²) >= 11 is 0. The van der Waals surface area contributed by atoms with Gasteiger partial charge < -0.3 is 19.2 Å². The maximum atomic E-state index is 13.2. The van der Waals surface area contributed by atoms with Crippen LogP contribution in [0, 0.1) is 26.1 Å². The fourth-order valence-corrected chi connectivity index (χ4v) is 4.31. The molecule has 0 saturated carbocycles. The van der Waals surface area contributed by atoms with Crippen molar-refractivity contribution in [3.8, 4) is 0 Å². The average molecular weight is 504 g/mol. The van der Waals surface area contributed by atoms with Crippen molar-refractivity contribution in [3.63, 3.8) is 0 Å². The number of nitrogens with zero attached hydrogens (tertiary/aromatic N) is 4. The minimum absolute atomic E-state index is 0.00388. The van der Waals surface area contributed by atoms with Crippen LogP contribution in [0.3, 0.4) is 0 Å². The summed E-state index contributed by atoms with van der Waals surface area (Å²) in [5.41, 5.74) is -2.07. The van der Waals surface area contributed by atoms with Gasteiger partial charge in [0.05, 0.1) is 34.5 Å². The van der Waals surface area contributed by atoms with E-state index in [1.165, 1.54) is 4.90 Å². The normalized spacial score (nSPS) is 23.7. The molecule has 3 aliphatic rings. The standard InChI is InChI=1S/C18H19F3N6O8/c19-18(20,21)9-5-11(26(29)30)15(12(6-9)27(31)32)25-3-1-17(2-4-25)33-7-10-13(8-34-17)35-24-14(10)16(28)23-22/h5-6,10,13H,1-4,7-8,22H2,(H,23,28)/t10-,13-/m0/s1. The van der Waals surface area contributed by atoms with E-state index in [2.05, 4.69) is 5.16 Å². The minimum atomic E-state index is -5.01. The quantitative estimate of drug-likeness (QED) is 0.261. The van der Waals surface area contributed by atoms with E-state index in [1.807, 2.05) is 5.43 Å². The number of nitro benzene ring substituents is 2. The van der Waals surface area contributed by atoms with E-state index in [0.717, 1.165) is 0 Å². The minimum Gasteiger partial charge on any atom is -0.389 e. The Morgan fingerprint density at radius 1 is 1.14 bits per heavy atom. The van der Waals surface area contributed by atoms with Crippen LogP contribution in [-0.4, -0.2) is 59.7 Å². The third kappa shape index (κ3) is 4.56. The van der Waals surface area contributed by atoms with Crippen LogP contribution in [-0.2, 0) is 25.3 Å². The molecule has 2 atom stereocenters. The van der Waals surface area contributed by atoms with Crippen molar-refractivity contribution in [2.75, 3.05) is 31.2 Å². The Labute approximate surface area is 194 Å². The van der Waals surface area contributed by atoms with Crippen LogP contribution in [0.1, 0.15) is 18.4 Å². The van der Waals surface area contributed by atoms with E-state index >= 15 is 0 Å². The van der Waals surface area contributed by atoms with Crippen LogP contribution in [0.15, 0.2) is 17.3 Å². The monoisotopic (exact) mass is 504 g/mol. The van der Waals surface area contributed by atoms with E-state index in [-0.39, 0.29) is 57.0 Å². The smallest absolute Gasteiger partial charge is 0.389 e. The van der Waals surface area contributed by atoms with Crippen molar-refractivity contribution in [2.24, 2.45) is 16.9 Å². The zero-order valence-corrected chi connectivity index (χ0v) is 17.8.